The summed E-state index contributed by atoms with van der Waals surface area (Å²) in [5.74, 6) is 1.29. The number of nitrogens with zero attached hydrogens (tertiary/aromatic N) is 8. The molecule has 6 aliphatic heterocycles. The third-order valence-corrected chi connectivity index (χ3v) is 15.3. The fourth-order valence-electron chi connectivity index (χ4n) is 10.9. The highest BCUT2D eigenvalue weighted by molar-refractivity contribution is 6.00. The van der Waals surface area contributed by atoms with Crippen molar-refractivity contribution in [1.29, 1.82) is 0 Å². The second kappa shape index (κ2) is 23.7. The molecule has 8 heterocycles. The number of benzene rings is 2. The third-order valence-electron chi connectivity index (χ3n) is 15.3. The molecule has 2 aromatic carbocycles. The number of urea groups is 2. The lowest BCUT2D eigenvalue weighted by molar-refractivity contribution is -0.144. The van der Waals surface area contributed by atoms with Crippen LogP contribution in [-0.4, -0.2) is 154 Å². The van der Waals surface area contributed by atoms with Crippen LogP contribution in [0.15, 0.2) is 60.7 Å². The molecule has 6 amide bonds. The van der Waals surface area contributed by atoms with E-state index in [9.17, 15) is 45.5 Å². The molecule has 0 unspecified atom stereocenters. The molecule has 2 aromatic heterocycles. The highest BCUT2D eigenvalue weighted by Crippen LogP contribution is 2.38. The van der Waals surface area contributed by atoms with Gasteiger partial charge in [-0.05, 0) is 133 Å². The van der Waals surface area contributed by atoms with Crippen LogP contribution < -0.4 is 36.0 Å². The number of halogens is 6. The van der Waals surface area contributed by atoms with Gasteiger partial charge < -0.3 is 45.4 Å². The molecule has 4 aromatic rings. The number of carbonyl (C=O) groups excluding carboxylic acids is 4. The van der Waals surface area contributed by atoms with Gasteiger partial charge in [0.2, 0.25) is 11.8 Å². The average molecular weight is 1090 g/mol. The molecule has 6 saturated heterocycles. The summed E-state index contributed by atoms with van der Waals surface area (Å²) in [6, 6.07) is 17.4. The molecule has 78 heavy (non-hydrogen) atoms. The number of aromatic nitrogens is 2. The molecule has 6 aliphatic rings. The van der Waals surface area contributed by atoms with Gasteiger partial charge in [-0.2, -0.15) is 26.3 Å². The highest BCUT2D eigenvalue weighted by Gasteiger charge is 2.39. The van der Waals surface area contributed by atoms with Crippen LogP contribution in [0, 0.1) is 31.6 Å². The highest BCUT2D eigenvalue weighted by atomic mass is 19.4. The lowest BCUT2D eigenvalue weighted by atomic mass is 10.00. The van der Waals surface area contributed by atoms with Crippen LogP contribution in [0.4, 0.5) is 70.6 Å². The molecular weight excluding hydrogens is 1020 g/mol. The van der Waals surface area contributed by atoms with E-state index in [1.807, 2.05) is 69.3 Å². The number of ether oxygens (including phenoxy) is 2. The van der Waals surface area contributed by atoms with E-state index in [-0.39, 0.29) is 37.4 Å². The number of carbonyl (C=O) groups is 4. The van der Waals surface area contributed by atoms with Crippen molar-refractivity contribution in [3.8, 4) is 22.3 Å². The van der Waals surface area contributed by atoms with Gasteiger partial charge in [0.15, 0.2) is 0 Å². The number of rotatable bonds is 10. The number of nitrogens with one attached hydrogen (secondary N) is 2. The monoisotopic (exact) mass is 1090 g/mol. The number of amides is 6. The summed E-state index contributed by atoms with van der Waals surface area (Å²) in [5.41, 5.74) is 12.4. The molecule has 4 atom stereocenters. The molecule has 0 bridgehead atoms. The van der Waals surface area contributed by atoms with Crippen LogP contribution >= 0.6 is 0 Å². The number of morpholine rings is 2. The predicted octanol–water partition coefficient (Wildman–Crippen LogP) is 8.84. The number of hydrogen-bond acceptors (Lipinski definition) is 11. The van der Waals surface area contributed by atoms with Gasteiger partial charge in [-0.15, -0.1) is 0 Å². The summed E-state index contributed by atoms with van der Waals surface area (Å²) >= 11 is 0. The van der Waals surface area contributed by atoms with Crippen molar-refractivity contribution in [3.05, 3.63) is 71.8 Å². The maximum absolute atomic E-state index is 12.9. The standard InChI is InChI=1S/C28H34F3N5O3.C27H33F3N6O3/c1-18-3-4-22(32-27(38)35-7-6-20(17-35)16-28(29,30)31)15-23(18)21-13-24(34-9-11-39-12-10-34)33-25(14-21)36-8-5-19(2)26(36)37;1-17-2-3-20(32-26(38)35-6-4-18(16-35)15-27(28,29)30)14-21(17)19-12-23(34-8-10-39-11-9-34)33-24(13-19)36-7-5-22(31)25(36)37/h3-4,13-15,19-20H,5-12,16-17H2,1-2H3,(H,32,38);2-3,12-14,18,22H,4-11,15-16,31H2,1H3,(H,32,38)/t19-,20-;18-,22-/m00/s1. The Labute approximate surface area is 449 Å². The maximum Gasteiger partial charge on any atom is 0.389 e. The lowest BCUT2D eigenvalue weighted by Gasteiger charge is -2.29. The average Bonchev–Trinajstić information content (AvgIpc) is 4.28. The Balaban J connectivity index is 0.000000190. The van der Waals surface area contributed by atoms with Gasteiger partial charge >= 0.3 is 24.4 Å². The smallest absolute Gasteiger partial charge is 0.378 e. The molecule has 6 fully saturated rings. The van der Waals surface area contributed by atoms with Crippen LogP contribution in [0.3, 0.4) is 0 Å². The maximum atomic E-state index is 12.9. The molecule has 0 aliphatic carbocycles. The first kappa shape index (κ1) is 56.0. The van der Waals surface area contributed by atoms with Crippen LogP contribution in [0.2, 0.25) is 0 Å². The number of aryl methyl sites for hydroxylation is 2. The first-order chi connectivity index (χ1) is 37.1. The number of likely N-dealkylation sites (tertiary alicyclic amines) is 2. The van der Waals surface area contributed by atoms with Crippen molar-refractivity contribution >= 4 is 58.5 Å². The number of nitrogens with two attached hydrogens (primary N) is 1. The summed E-state index contributed by atoms with van der Waals surface area (Å²) in [4.78, 5) is 71.4. The second-order valence-electron chi connectivity index (χ2n) is 21.2. The zero-order valence-electron chi connectivity index (χ0n) is 44.1. The minimum Gasteiger partial charge on any atom is -0.378 e. The molecule has 10 rings (SSSR count). The number of alkyl halides is 6. The van der Waals surface area contributed by atoms with Gasteiger partial charge in [0.1, 0.15) is 23.3 Å². The zero-order chi connectivity index (χ0) is 55.5. The fraction of sp³-hybridized carbons (Fsp3) is 0.527. The Morgan fingerprint density at radius 2 is 0.987 bits per heavy atom. The van der Waals surface area contributed by atoms with Gasteiger partial charge in [-0.25, -0.2) is 19.6 Å². The van der Waals surface area contributed by atoms with E-state index in [0.717, 1.165) is 51.4 Å². The van der Waals surface area contributed by atoms with E-state index in [0.29, 0.717) is 115 Å². The summed E-state index contributed by atoms with van der Waals surface area (Å²) in [6.45, 7) is 12.8. The topological polar surface area (TPSA) is 182 Å². The quantitative estimate of drug-likeness (QED) is 0.129. The summed E-state index contributed by atoms with van der Waals surface area (Å²) < 4.78 is 87.7. The molecular formula is C55H67F6N11O6. The van der Waals surface area contributed by atoms with Gasteiger partial charge in [0, 0.05) is 95.6 Å². The van der Waals surface area contributed by atoms with Gasteiger partial charge in [0.05, 0.1) is 32.5 Å². The Morgan fingerprint density at radius 1 is 0.577 bits per heavy atom. The zero-order valence-corrected chi connectivity index (χ0v) is 44.1. The molecule has 23 heteroatoms. The number of pyridine rings is 2. The first-order valence-corrected chi connectivity index (χ1v) is 26.7. The van der Waals surface area contributed by atoms with E-state index in [1.165, 1.54) is 9.80 Å². The second-order valence-corrected chi connectivity index (χ2v) is 21.2. The normalized spacial score (nSPS) is 22.1. The first-order valence-electron chi connectivity index (χ1n) is 26.7. The fourth-order valence-corrected chi connectivity index (χ4v) is 10.9. The SMILES string of the molecule is Cc1ccc(NC(=O)N2CC[C@@H](CC(F)(F)F)C2)cc1-c1cc(N2CCOCC2)nc(N2CC[C@H](C)C2=O)c1.Cc1ccc(NC(=O)N2CC[C@@H](CC(F)(F)F)C2)cc1-c1cc(N2CCOCC2)nc(N2CC[C@H](N)C2=O)c1. The van der Waals surface area contributed by atoms with Crippen LogP contribution in [0.25, 0.3) is 22.3 Å². The van der Waals surface area contributed by atoms with E-state index in [1.54, 1.807) is 21.9 Å². The minimum atomic E-state index is -4.24. The van der Waals surface area contributed by atoms with Crippen molar-refractivity contribution in [1.82, 2.24) is 19.8 Å². The van der Waals surface area contributed by atoms with Gasteiger partial charge in [-0.1, -0.05) is 19.1 Å². The van der Waals surface area contributed by atoms with Gasteiger partial charge in [0.25, 0.3) is 0 Å². The van der Waals surface area contributed by atoms with E-state index in [2.05, 4.69) is 20.4 Å². The Morgan fingerprint density at radius 3 is 1.37 bits per heavy atom. The Bertz CT molecular complexity index is 2650. The van der Waals surface area contributed by atoms with Crippen LogP contribution in [-0.2, 0) is 19.1 Å². The van der Waals surface area contributed by atoms with Crippen molar-refractivity contribution in [3.63, 3.8) is 0 Å². The largest absolute Gasteiger partial charge is 0.389 e. The van der Waals surface area contributed by atoms with E-state index in [4.69, 9.17) is 25.2 Å². The lowest BCUT2D eigenvalue weighted by Crippen LogP contribution is -2.38. The summed E-state index contributed by atoms with van der Waals surface area (Å²) in [6.07, 6.45) is -8.23. The van der Waals surface area contributed by atoms with Crippen molar-refractivity contribution in [2.45, 2.75) is 77.7 Å². The molecule has 4 N–H and O–H groups in total. The minimum absolute atomic E-state index is 0.0520. The number of anilines is 6. The molecule has 17 nitrogen and oxygen atoms in total. The van der Waals surface area contributed by atoms with Crippen molar-refractivity contribution in [2.75, 3.05) is 122 Å². The predicted molar refractivity (Wildman–Crippen MR) is 285 cm³/mol. The Kier molecular flexibility index (Phi) is 17.0. The van der Waals surface area contributed by atoms with Crippen LogP contribution in [0.5, 0.6) is 0 Å². The third kappa shape index (κ3) is 13.7. The van der Waals surface area contributed by atoms with Crippen molar-refractivity contribution < 1.29 is 55.0 Å². The Hall–Kier alpha value is -6.72. The van der Waals surface area contributed by atoms with Gasteiger partial charge in [-0.3, -0.25) is 19.4 Å². The molecule has 420 valence electrons. The summed E-state index contributed by atoms with van der Waals surface area (Å²) in [5, 5.41) is 5.71. The van der Waals surface area contributed by atoms with Crippen molar-refractivity contribution in [2.24, 2.45) is 23.5 Å². The van der Waals surface area contributed by atoms with E-state index >= 15 is 0 Å². The molecule has 0 spiro atoms. The number of hydrogen-bond donors (Lipinski definition) is 3. The molecule has 0 radical (unpaired) electrons. The summed E-state index contributed by atoms with van der Waals surface area (Å²) in [7, 11) is 0. The van der Waals surface area contributed by atoms with E-state index < -0.39 is 55.1 Å². The molecule has 0 saturated carbocycles. The van der Waals surface area contributed by atoms with Crippen LogP contribution in [0.1, 0.15) is 56.6 Å².